The smallest absolute Gasteiger partial charge is 0.163 e. The standard InChI is InChI=1S/C8H14O3/c1-6(9)4-7-5-10-8(2,3)11-7/h7H,4-5H2,1-3H3/t7-/m0/s1. The van der Waals surface area contributed by atoms with Crippen molar-refractivity contribution in [1.82, 2.24) is 0 Å². The Morgan fingerprint density at radius 2 is 2.27 bits per heavy atom. The monoisotopic (exact) mass is 158 g/mol. The lowest BCUT2D eigenvalue weighted by atomic mass is 10.2. The van der Waals surface area contributed by atoms with Crippen molar-refractivity contribution in [1.29, 1.82) is 0 Å². The molecular formula is C8H14O3. The highest BCUT2D eigenvalue weighted by Crippen LogP contribution is 2.23. The fraction of sp³-hybridized carbons (Fsp3) is 0.875. The first kappa shape index (κ1) is 8.68. The molecule has 11 heavy (non-hydrogen) atoms. The third-order valence-electron chi connectivity index (χ3n) is 1.58. The third kappa shape index (κ3) is 2.60. The largest absolute Gasteiger partial charge is 0.348 e. The molecule has 1 heterocycles. The van der Waals surface area contributed by atoms with E-state index in [1.165, 1.54) is 0 Å². The van der Waals surface area contributed by atoms with E-state index < -0.39 is 5.79 Å². The maximum atomic E-state index is 10.7. The Hall–Kier alpha value is -0.410. The lowest BCUT2D eigenvalue weighted by Gasteiger charge is -2.16. The minimum absolute atomic E-state index is 0.0394. The van der Waals surface area contributed by atoms with Gasteiger partial charge in [0, 0.05) is 6.42 Å². The molecule has 0 aromatic carbocycles. The van der Waals surface area contributed by atoms with E-state index in [2.05, 4.69) is 0 Å². The van der Waals surface area contributed by atoms with Crippen molar-refractivity contribution in [3.63, 3.8) is 0 Å². The first-order chi connectivity index (χ1) is 4.99. The van der Waals surface area contributed by atoms with Crippen LogP contribution in [0.4, 0.5) is 0 Å². The second-order valence-corrected chi connectivity index (χ2v) is 3.36. The first-order valence-corrected chi connectivity index (χ1v) is 3.81. The van der Waals surface area contributed by atoms with E-state index in [1.54, 1.807) is 6.92 Å². The van der Waals surface area contributed by atoms with Gasteiger partial charge in [-0.15, -0.1) is 0 Å². The minimum Gasteiger partial charge on any atom is -0.348 e. The molecule has 3 nitrogen and oxygen atoms in total. The summed E-state index contributed by atoms with van der Waals surface area (Å²) in [6.07, 6.45) is 0.422. The molecule has 0 unspecified atom stereocenters. The van der Waals surface area contributed by atoms with Crippen LogP contribution in [0.25, 0.3) is 0 Å². The molecule has 0 spiro atoms. The molecule has 0 radical (unpaired) electrons. The van der Waals surface area contributed by atoms with Crippen LogP contribution >= 0.6 is 0 Å². The summed E-state index contributed by atoms with van der Waals surface area (Å²) in [4.78, 5) is 10.7. The topological polar surface area (TPSA) is 35.5 Å². The van der Waals surface area contributed by atoms with Gasteiger partial charge in [-0.05, 0) is 20.8 Å². The normalized spacial score (nSPS) is 28.8. The number of ketones is 1. The molecule has 64 valence electrons. The summed E-state index contributed by atoms with van der Waals surface area (Å²) in [6, 6.07) is 0. The van der Waals surface area contributed by atoms with Crippen molar-refractivity contribution in [2.45, 2.75) is 39.1 Å². The van der Waals surface area contributed by atoms with E-state index in [1.807, 2.05) is 13.8 Å². The maximum absolute atomic E-state index is 10.7. The first-order valence-electron chi connectivity index (χ1n) is 3.81. The van der Waals surface area contributed by atoms with Gasteiger partial charge in [-0.2, -0.15) is 0 Å². The molecule has 0 bridgehead atoms. The molecule has 1 aliphatic rings. The van der Waals surface area contributed by atoms with E-state index >= 15 is 0 Å². The third-order valence-corrected chi connectivity index (χ3v) is 1.58. The summed E-state index contributed by atoms with van der Waals surface area (Å²) >= 11 is 0. The molecule has 0 N–H and O–H groups in total. The van der Waals surface area contributed by atoms with Gasteiger partial charge in [0.2, 0.25) is 0 Å². The molecule has 0 aromatic rings. The zero-order chi connectivity index (χ0) is 8.48. The lowest BCUT2D eigenvalue weighted by molar-refractivity contribution is -0.141. The van der Waals surface area contributed by atoms with Crippen LogP contribution < -0.4 is 0 Å². The van der Waals surface area contributed by atoms with Crippen molar-refractivity contribution in [2.75, 3.05) is 6.61 Å². The molecule has 1 rings (SSSR count). The Morgan fingerprint density at radius 3 is 2.64 bits per heavy atom. The van der Waals surface area contributed by atoms with Crippen LogP contribution in [0.15, 0.2) is 0 Å². The molecule has 1 fully saturated rings. The number of hydrogen-bond acceptors (Lipinski definition) is 3. The predicted octanol–water partition coefficient (Wildman–Crippen LogP) is 1.12. The summed E-state index contributed by atoms with van der Waals surface area (Å²) in [7, 11) is 0. The van der Waals surface area contributed by atoms with Gasteiger partial charge in [-0.3, -0.25) is 4.79 Å². The number of carbonyl (C=O) groups excluding carboxylic acids is 1. The molecule has 1 aliphatic heterocycles. The Morgan fingerprint density at radius 1 is 1.64 bits per heavy atom. The van der Waals surface area contributed by atoms with Crippen molar-refractivity contribution < 1.29 is 14.3 Å². The molecule has 1 saturated heterocycles. The van der Waals surface area contributed by atoms with Crippen molar-refractivity contribution >= 4 is 5.78 Å². The van der Waals surface area contributed by atoms with Gasteiger partial charge >= 0.3 is 0 Å². The van der Waals surface area contributed by atoms with Crippen LogP contribution in [0.5, 0.6) is 0 Å². The fourth-order valence-corrected chi connectivity index (χ4v) is 1.18. The van der Waals surface area contributed by atoms with Gasteiger partial charge in [-0.1, -0.05) is 0 Å². The second-order valence-electron chi connectivity index (χ2n) is 3.36. The highest BCUT2D eigenvalue weighted by atomic mass is 16.7. The Labute approximate surface area is 66.7 Å². The predicted molar refractivity (Wildman–Crippen MR) is 40.2 cm³/mol. The molecule has 0 aromatic heterocycles. The summed E-state index contributed by atoms with van der Waals surface area (Å²) < 4.78 is 10.7. The van der Waals surface area contributed by atoms with Gasteiger partial charge in [0.05, 0.1) is 12.7 Å². The van der Waals surface area contributed by atoms with E-state index in [9.17, 15) is 4.79 Å². The quantitative estimate of drug-likeness (QED) is 0.604. The number of carbonyl (C=O) groups is 1. The summed E-state index contributed by atoms with van der Waals surface area (Å²) in [6.45, 7) is 5.81. The van der Waals surface area contributed by atoms with E-state index in [0.29, 0.717) is 13.0 Å². The molecule has 0 amide bonds. The Kier molecular flexibility index (Phi) is 2.30. The summed E-state index contributed by atoms with van der Waals surface area (Å²) in [5.74, 6) is -0.351. The molecule has 0 aliphatic carbocycles. The van der Waals surface area contributed by atoms with E-state index in [-0.39, 0.29) is 11.9 Å². The van der Waals surface area contributed by atoms with Crippen LogP contribution in [0, 0.1) is 0 Å². The second kappa shape index (κ2) is 2.91. The Bertz CT molecular complexity index is 163. The average Bonchev–Trinajstić information content (AvgIpc) is 2.08. The summed E-state index contributed by atoms with van der Waals surface area (Å²) in [5, 5.41) is 0. The van der Waals surface area contributed by atoms with Crippen LogP contribution in [0.3, 0.4) is 0 Å². The zero-order valence-electron chi connectivity index (χ0n) is 7.22. The van der Waals surface area contributed by atoms with Gasteiger partial charge in [0.25, 0.3) is 0 Å². The maximum Gasteiger partial charge on any atom is 0.163 e. The molecule has 3 heteroatoms. The average molecular weight is 158 g/mol. The van der Waals surface area contributed by atoms with Crippen molar-refractivity contribution in [3.05, 3.63) is 0 Å². The van der Waals surface area contributed by atoms with E-state index in [4.69, 9.17) is 9.47 Å². The highest BCUT2D eigenvalue weighted by Gasteiger charge is 2.32. The van der Waals surface area contributed by atoms with Gasteiger partial charge in [-0.25, -0.2) is 0 Å². The molecule has 0 saturated carbocycles. The van der Waals surface area contributed by atoms with Gasteiger partial charge in [0.15, 0.2) is 5.79 Å². The van der Waals surface area contributed by atoms with Crippen molar-refractivity contribution in [2.24, 2.45) is 0 Å². The highest BCUT2D eigenvalue weighted by molar-refractivity contribution is 5.76. The molecular weight excluding hydrogens is 144 g/mol. The Balaban J connectivity index is 2.36. The number of ether oxygens (including phenoxy) is 2. The van der Waals surface area contributed by atoms with Crippen LogP contribution in [-0.2, 0) is 14.3 Å². The van der Waals surface area contributed by atoms with Crippen LogP contribution in [0.2, 0.25) is 0 Å². The SMILES string of the molecule is CC(=O)C[C@H]1COC(C)(C)O1. The number of rotatable bonds is 2. The zero-order valence-corrected chi connectivity index (χ0v) is 7.22. The van der Waals surface area contributed by atoms with Gasteiger partial charge < -0.3 is 9.47 Å². The molecule has 1 atom stereocenters. The van der Waals surface area contributed by atoms with Crippen LogP contribution in [-0.4, -0.2) is 24.3 Å². The van der Waals surface area contributed by atoms with Crippen LogP contribution in [0.1, 0.15) is 27.2 Å². The van der Waals surface area contributed by atoms with E-state index in [0.717, 1.165) is 0 Å². The fourth-order valence-electron chi connectivity index (χ4n) is 1.18. The number of hydrogen-bond donors (Lipinski definition) is 0. The van der Waals surface area contributed by atoms with Gasteiger partial charge in [0.1, 0.15) is 5.78 Å². The lowest BCUT2D eigenvalue weighted by Crippen LogP contribution is -2.22. The summed E-state index contributed by atoms with van der Waals surface area (Å²) in [5.41, 5.74) is 0. The van der Waals surface area contributed by atoms with Crippen molar-refractivity contribution in [3.8, 4) is 0 Å². The number of Topliss-reactive ketones (excluding diaryl/α,β-unsaturated/α-hetero) is 1. The minimum atomic E-state index is -0.500.